The SMILES string of the molecule is O=S1(=O)CCC(c2ocnc2CCl)C1. The molecular weight excluding hydrogens is 226 g/mol. The Bertz CT molecular complexity index is 426. The fraction of sp³-hybridized carbons (Fsp3) is 0.625. The number of rotatable bonds is 2. The van der Waals surface area contributed by atoms with Crippen LogP contribution in [0.25, 0.3) is 0 Å². The van der Waals surface area contributed by atoms with Crippen LogP contribution in [0, 0.1) is 0 Å². The Labute approximate surface area is 87.2 Å². The summed E-state index contributed by atoms with van der Waals surface area (Å²) in [6.07, 6.45) is 1.93. The lowest BCUT2D eigenvalue weighted by Gasteiger charge is -2.03. The molecule has 2 heterocycles. The van der Waals surface area contributed by atoms with Gasteiger partial charge in [0, 0.05) is 5.92 Å². The third-order valence-electron chi connectivity index (χ3n) is 2.40. The van der Waals surface area contributed by atoms with Gasteiger partial charge in [-0.1, -0.05) is 0 Å². The van der Waals surface area contributed by atoms with E-state index in [1.807, 2.05) is 0 Å². The van der Waals surface area contributed by atoms with E-state index in [0.717, 1.165) is 0 Å². The highest BCUT2D eigenvalue weighted by molar-refractivity contribution is 7.91. The number of alkyl halides is 1. The van der Waals surface area contributed by atoms with Crippen molar-refractivity contribution in [2.75, 3.05) is 11.5 Å². The van der Waals surface area contributed by atoms with Gasteiger partial charge >= 0.3 is 0 Å². The number of nitrogens with zero attached hydrogens (tertiary/aromatic N) is 1. The van der Waals surface area contributed by atoms with E-state index in [-0.39, 0.29) is 23.3 Å². The quantitative estimate of drug-likeness (QED) is 0.726. The average molecular weight is 236 g/mol. The molecule has 14 heavy (non-hydrogen) atoms. The molecule has 0 aromatic carbocycles. The standard InChI is InChI=1S/C8H10ClNO3S/c9-3-7-8(13-5-10-7)6-1-2-14(11,12)4-6/h5-6H,1-4H2. The van der Waals surface area contributed by atoms with Crippen molar-refractivity contribution in [2.24, 2.45) is 0 Å². The Morgan fingerprint density at radius 3 is 3.00 bits per heavy atom. The minimum Gasteiger partial charge on any atom is -0.448 e. The van der Waals surface area contributed by atoms with Gasteiger partial charge in [0.05, 0.1) is 23.1 Å². The van der Waals surface area contributed by atoms with E-state index in [1.54, 1.807) is 0 Å². The minimum absolute atomic E-state index is 0.0590. The van der Waals surface area contributed by atoms with Crippen LogP contribution in [-0.4, -0.2) is 24.9 Å². The highest BCUT2D eigenvalue weighted by atomic mass is 35.5. The molecule has 0 radical (unpaired) electrons. The van der Waals surface area contributed by atoms with E-state index in [1.165, 1.54) is 6.39 Å². The normalized spacial score (nSPS) is 25.4. The molecule has 1 aliphatic heterocycles. The molecule has 78 valence electrons. The molecule has 0 aliphatic carbocycles. The topological polar surface area (TPSA) is 60.2 Å². The van der Waals surface area contributed by atoms with Crippen LogP contribution in [0.15, 0.2) is 10.8 Å². The predicted molar refractivity (Wildman–Crippen MR) is 52.1 cm³/mol. The lowest BCUT2D eigenvalue weighted by atomic mass is 10.1. The maximum absolute atomic E-state index is 11.2. The number of aromatic nitrogens is 1. The van der Waals surface area contributed by atoms with Gasteiger partial charge in [0.2, 0.25) is 0 Å². The fourth-order valence-corrected chi connectivity index (χ4v) is 3.65. The Morgan fingerprint density at radius 2 is 2.43 bits per heavy atom. The summed E-state index contributed by atoms with van der Waals surface area (Å²) in [6, 6.07) is 0. The smallest absolute Gasteiger partial charge is 0.181 e. The Kier molecular flexibility index (Phi) is 2.53. The number of hydrogen-bond donors (Lipinski definition) is 0. The van der Waals surface area contributed by atoms with Crippen molar-refractivity contribution in [1.29, 1.82) is 0 Å². The monoisotopic (exact) mass is 235 g/mol. The Morgan fingerprint density at radius 1 is 1.64 bits per heavy atom. The summed E-state index contributed by atoms with van der Waals surface area (Å²) in [5.74, 6) is 1.24. The van der Waals surface area contributed by atoms with Crippen molar-refractivity contribution in [3.05, 3.63) is 17.8 Å². The van der Waals surface area contributed by atoms with Gasteiger partial charge in [0.25, 0.3) is 0 Å². The molecule has 1 aliphatic rings. The van der Waals surface area contributed by atoms with Crippen molar-refractivity contribution in [1.82, 2.24) is 4.98 Å². The molecule has 1 saturated heterocycles. The highest BCUT2D eigenvalue weighted by Crippen LogP contribution is 2.31. The zero-order valence-corrected chi connectivity index (χ0v) is 9.01. The summed E-state index contributed by atoms with van der Waals surface area (Å²) >= 11 is 5.65. The van der Waals surface area contributed by atoms with Crippen LogP contribution in [0.3, 0.4) is 0 Å². The lowest BCUT2D eigenvalue weighted by Crippen LogP contribution is -2.04. The highest BCUT2D eigenvalue weighted by Gasteiger charge is 2.32. The van der Waals surface area contributed by atoms with E-state index in [2.05, 4.69) is 4.98 Å². The first-order chi connectivity index (χ1) is 6.62. The molecule has 0 spiro atoms. The van der Waals surface area contributed by atoms with E-state index < -0.39 is 9.84 Å². The Hall–Kier alpha value is -0.550. The van der Waals surface area contributed by atoms with Crippen molar-refractivity contribution < 1.29 is 12.8 Å². The number of oxazole rings is 1. The first-order valence-corrected chi connectivity index (χ1v) is 6.66. The molecule has 1 atom stereocenters. The molecule has 1 unspecified atom stereocenters. The van der Waals surface area contributed by atoms with Crippen LogP contribution in [0.2, 0.25) is 0 Å². The summed E-state index contributed by atoms with van der Waals surface area (Å²) in [6.45, 7) is 0. The second-order valence-electron chi connectivity index (χ2n) is 3.40. The molecule has 2 rings (SSSR count). The van der Waals surface area contributed by atoms with Gasteiger partial charge in [-0.3, -0.25) is 0 Å². The van der Waals surface area contributed by atoms with Crippen molar-refractivity contribution >= 4 is 21.4 Å². The fourth-order valence-electron chi connectivity index (χ4n) is 1.71. The van der Waals surface area contributed by atoms with Gasteiger partial charge in [-0.25, -0.2) is 13.4 Å². The van der Waals surface area contributed by atoms with E-state index in [9.17, 15) is 8.42 Å². The average Bonchev–Trinajstić information content (AvgIpc) is 2.70. The van der Waals surface area contributed by atoms with Crippen LogP contribution >= 0.6 is 11.6 Å². The summed E-state index contributed by atoms with van der Waals surface area (Å²) in [7, 11) is -2.88. The molecular formula is C8H10ClNO3S. The van der Waals surface area contributed by atoms with Gasteiger partial charge in [-0.05, 0) is 6.42 Å². The van der Waals surface area contributed by atoms with Crippen LogP contribution in [0.4, 0.5) is 0 Å². The molecule has 1 aromatic rings. The maximum Gasteiger partial charge on any atom is 0.181 e. The van der Waals surface area contributed by atoms with Crippen molar-refractivity contribution in [3.63, 3.8) is 0 Å². The van der Waals surface area contributed by atoms with E-state index in [0.29, 0.717) is 17.9 Å². The molecule has 0 N–H and O–H groups in total. The number of sulfone groups is 1. The number of hydrogen-bond acceptors (Lipinski definition) is 4. The maximum atomic E-state index is 11.2. The molecule has 0 saturated carbocycles. The summed E-state index contributed by atoms with van der Waals surface area (Å²) in [5, 5.41) is 0. The van der Waals surface area contributed by atoms with Gasteiger partial charge in [-0.15, -0.1) is 11.6 Å². The summed E-state index contributed by atoms with van der Waals surface area (Å²) in [5.41, 5.74) is 0.661. The van der Waals surface area contributed by atoms with Gasteiger partial charge in [-0.2, -0.15) is 0 Å². The summed E-state index contributed by atoms with van der Waals surface area (Å²) in [4.78, 5) is 3.93. The molecule has 0 bridgehead atoms. The Balaban J connectivity index is 2.25. The lowest BCUT2D eigenvalue weighted by molar-refractivity contribution is 0.470. The molecule has 4 nitrogen and oxygen atoms in total. The van der Waals surface area contributed by atoms with Crippen LogP contribution < -0.4 is 0 Å². The van der Waals surface area contributed by atoms with Gasteiger partial charge in [0.1, 0.15) is 5.76 Å². The second kappa shape index (κ2) is 3.55. The largest absolute Gasteiger partial charge is 0.448 e. The van der Waals surface area contributed by atoms with E-state index in [4.69, 9.17) is 16.0 Å². The van der Waals surface area contributed by atoms with Crippen LogP contribution in [0.1, 0.15) is 23.8 Å². The van der Waals surface area contributed by atoms with Gasteiger partial charge < -0.3 is 4.42 Å². The third kappa shape index (κ3) is 1.79. The van der Waals surface area contributed by atoms with Crippen LogP contribution in [0.5, 0.6) is 0 Å². The van der Waals surface area contributed by atoms with Crippen molar-refractivity contribution in [3.8, 4) is 0 Å². The van der Waals surface area contributed by atoms with E-state index >= 15 is 0 Å². The molecule has 0 amide bonds. The first-order valence-electron chi connectivity index (χ1n) is 4.31. The second-order valence-corrected chi connectivity index (χ2v) is 5.89. The van der Waals surface area contributed by atoms with Gasteiger partial charge in [0.15, 0.2) is 16.2 Å². The zero-order valence-electron chi connectivity index (χ0n) is 7.44. The predicted octanol–water partition coefficient (Wildman–Crippen LogP) is 1.32. The third-order valence-corrected chi connectivity index (χ3v) is 4.42. The molecule has 1 fully saturated rings. The van der Waals surface area contributed by atoms with Crippen molar-refractivity contribution in [2.45, 2.75) is 18.2 Å². The molecule has 6 heteroatoms. The first kappa shape index (κ1) is 9.98. The zero-order chi connectivity index (χ0) is 10.2. The molecule has 1 aromatic heterocycles. The van der Waals surface area contributed by atoms with Crippen LogP contribution in [-0.2, 0) is 15.7 Å². The number of halogens is 1. The summed E-state index contributed by atoms with van der Waals surface area (Å²) < 4.78 is 27.7. The minimum atomic E-state index is -2.88.